The molecule has 0 saturated carbocycles. The van der Waals surface area contributed by atoms with E-state index in [2.05, 4.69) is 6.58 Å². The first kappa shape index (κ1) is 24.4. The Kier molecular flexibility index (Phi) is 8.19. The Morgan fingerprint density at radius 2 is 1.94 bits per heavy atom. The van der Waals surface area contributed by atoms with Crippen LogP contribution >= 0.6 is 23.4 Å². The molecule has 0 radical (unpaired) electrons. The van der Waals surface area contributed by atoms with E-state index in [4.69, 9.17) is 26.8 Å². The summed E-state index contributed by atoms with van der Waals surface area (Å²) >= 11 is 6.71. The highest BCUT2D eigenvalue weighted by Crippen LogP contribution is 2.37. The van der Waals surface area contributed by atoms with Gasteiger partial charge in [0.2, 0.25) is 5.91 Å². The van der Waals surface area contributed by atoms with Crippen LogP contribution in [0.4, 0.5) is 4.79 Å². The van der Waals surface area contributed by atoms with Gasteiger partial charge in [-0.15, -0.1) is 6.58 Å². The fourth-order valence-electron chi connectivity index (χ4n) is 3.18. The van der Waals surface area contributed by atoms with Gasteiger partial charge >= 0.3 is 0 Å². The maximum absolute atomic E-state index is 12.6. The van der Waals surface area contributed by atoms with Gasteiger partial charge in [-0.2, -0.15) is 0 Å². The molecule has 3 rings (SSSR count). The molecule has 1 heterocycles. The number of thioether (sulfide) groups is 1. The second-order valence-corrected chi connectivity index (χ2v) is 8.51. The van der Waals surface area contributed by atoms with E-state index >= 15 is 0 Å². The minimum absolute atomic E-state index is 0.197. The van der Waals surface area contributed by atoms with Crippen molar-refractivity contribution in [2.24, 2.45) is 5.73 Å². The molecule has 1 aliphatic rings. The molecule has 0 aromatic heterocycles. The number of ether oxygens (including phenoxy) is 2. The van der Waals surface area contributed by atoms with E-state index in [1.54, 1.807) is 30.4 Å². The lowest BCUT2D eigenvalue weighted by Gasteiger charge is -2.17. The number of carbonyl (C=O) groups excluding carboxylic acids is 3. The zero-order valence-corrected chi connectivity index (χ0v) is 19.6. The van der Waals surface area contributed by atoms with E-state index in [1.807, 2.05) is 25.1 Å². The number of nitrogens with zero attached hydrogens (tertiary/aromatic N) is 1. The van der Waals surface area contributed by atoms with Crippen LogP contribution in [0.3, 0.4) is 0 Å². The summed E-state index contributed by atoms with van der Waals surface area (Å²) in [5.74, 6) is -0.234. The van der Waals surface area contributed by atoms with E-state index in [1.165, 1.54) is 0 Å². The largest absolute Gasteiger partial charge is 0.490 e. The molecule has 1 aliphatic heterocycles. The van der Waals surface area contributed by atoms with E-state index < -0.39 is 23.6 Å². The molecule has 0 aliphatic carbocycles. The number of nitrogens with two attached hydrogens (primary N) is 1. The van der Waals surface area contributed by atoms with Gasteiger partial charge in [-0.3, -0.25) is 19.3 Å². The predicted molar refractivity (Wildman–Crippen MR) is 129 cm³/mol. The first-order chi connectivity index (χ1) is 15.8. The normalized spacial score (nSPS) is 14.6. The number of hydrogen-bond acceptors (Lipinski definition) is 6. The van der Waals surface area contributed by atoms with Crippen molar-refractivity contribution in [3.05, 3.63) is 75.7 Å². The fraction of sp³-hybridized carbons (Fsp3) is 0.208. The van der Waals surface area contributed by atoms with Crippen molar-refractivity contribution >= 4 is 46.5 Å². The summed E-state index contributed by atoms with van der Waals surface area (Å²) in [5, 5.41) is 0.106. The summed E-state index contributed by atoms with van der Waals surface area (Å²) in [6.07, 6.45) is 3.83. The molecule has 2 aromatic carbocycles. The van der Waals surface area contributed by atoms with Crippen molar-refractivity contribution in [2.45, 2.75) is 20.0 Å². The summed E-state index contributed by atoms with van der Waals surface area (Å²) in [7, 11) is 0. The molecule has 0 bridgehead atoms. The molecule has 0 spiro atoms. The molecule has 2 aromatic rings. The van der Waals surface area contributed by atoms with Crippen LogP contribution in [0.2, 0.25) is 5.02 Å². The number of allylic oxidation sites excluding steroid dienone is 1. The van der Waals surface area contributed by atoms with Crippen LogP contribution < -0.4 is 15.2 Å². The Morgan fingerprint density at radius 1 is 1.21 bits per heavy atom. The Hall–Kier alpha value is -3.23. The Labute approximate surface area is 201 Å². The molecule has 7 nitrogen and oxygen atoms in total. The highest BCUT2D eigenvalue weighted by molar-refractivity contribution is 8.18. The van der Waals surface area contributed by atoms with E-state index in [0.717, 1.165) is 27.8 Å². The quantitative estimate of drug-likeness (QED) is 0.390. The van der Waals surface area contributed by atoms with Crippen molar-refractivity contribution in [2.75, 3.05) is 13.2 Å². The summed E-state index contributed by atoms with van der Waals surface area (Å²) in [6.45, 7) is 5.94. The molecule has 0 unspecified atom stereocenters. The summed E-state index contributed by atoms with van der Waals surface area (Å²) in [4.78, 5) is 36.9. The first-order valence-electron chi connectivity index (χ1n) is 10.1. The van der Waals surface area contributed by atoms with E-state index in [9.17, 15) is 14.4 Å². The smallest absolute Gasteiger partial charge is 0.294 e. The number of imide groups is 1. The lowest BCUT2D eigenvalue weighted by molar-refractivity contribution is -0.127. The standard InChI is InChI=1S/C24H23ClN2O5S/c1-3-5-17-10-16(12-20-23(29)27(13-21(26)28)24(30)33-20)11-19(31-4-2)22(17)32-14-15-6-8-18(25)9-7-15/h3,6-12H,1,4-5,13-14H2,2H3,(H2,26,28)/b20-12-. The van der Waals surface area contributed by atoms with Crippen molar-refractivity contribution in [3.8, 4) is 11.5 Å². The molecule has 1 fully saturated rings. The minimum Gasteiger partial charge on any atom is -0.490 e. The zero-order valence-electron chi connectivity index (χ0n) is 18.0. The molecule has 172 valence electrons. The summed E-state index contributed by atoms with van der Waals surface area (Å²) in [6, 6.07) is 10.9. The van der Waals surface area contributed by atoms with Crippen LogP contribution in [0.15, 0.2) is 54.0 Å². The summed E-state index contributed by atoms with van der Waals surface area (Å²) in [5.41, 5.74) is 7.54. The molecule has 9 heteroatoms. The fourth-order valence-corrected chi connectivity index (χ4v) is 4.14. The average Bonchev–Trinajstić information content (AvgIpc) is 3.02. The number of rotatable bonds is 10. The van der Waals surface area contributed by atoms with Gasteiger partial charge in [0.15, 0.2) is 11.5 Å². The van der Waals surface area contributed by atoms with Crippen LogP contribution in [0.1, 0.15) is 23.6 Å². The van der Waals surface area contributed by atoms with Gasteiger partial charge in [0.05, 0.1) is 11.5 Å². The highest BCUT2D eigenvalue weighted by Gasteiger charge is 2.35. The molecular weight excluding hydrogens is 464 g/mol. The van der Waals surface area contributed by atoms with Gasteiger partial charge in [0, 0.05) is 10.6 Å². The molecular formula is C24H23ClN2O5S. The predicted octanol–water partition coefficient (Wildman–Crippen LogP) is 4.57. The number of hydrogen-bond donors (Lipinski definition) is 1. The average molecular weight is 487 g/mol. The number of primary amides is 1. The number of benzene rings is 2. The van der Waals surface area contributed by atoms with Gasteiger partial charge in [0.1, 0.15) is 13.2 Å². The number of amides is 3. The maximum Gasteiger partial charge on any atom is 0.294 e. The molecule has 1 saturated heterocycles. The maximum atomic E-state index is 12.6. The second kappa shape index (κ2) is 11.1. The van der Waals surface area contributed by atoms with Crippen molar-refractivity contribution in [1.82, 2.24) is 4.90 Å². The Morgan fingerprint density at radius 3 is 2.58 bits per heavy atom. The molecule has 3 amide bonds. The van der Waals surface area contributed by atoms with Gasteiger partial charge in [0.25, 0.3) is 11.1 Å². The number of halogens is 1. The highest BCUT2D eigenvalue weighted by atomic mass is 35.5. The lowest BCUT2D eigenvalue weighted by Crippen LogP contribution is -2.36. The second-order valence-electron chi connectivity index (χ2n) is 7.08. The Balaban J connectivity index is 1.93. The molecule has 33 heavy (non-hydrogen) atoms. The molecule has 2 N–H and O–H groups in total. The van der Waals surface area contributed by atoms with Crippen LogP contribution in [0, 0.1) is 0 Å². The van der Waals surface area contributed by atoms with E-state index in [-0.39, 0.29) is 4.91 Å². The third kappa shape index (κ3) is 6.18. The van der Waals surface area contributed by atoms with Crippen molar-refractivity contribution < 1.29 is 23.9 Å². The van der Waals surface area contributed by atoms with Gasteiger partial charge < -0.3 is 15.2 Å². The van der Waals surface area contributed by atoms with Crippen LogP contribution in [-0.2, 0) is 22.6 Å². The lowest BCUT2D eigenvalue weighted by atomic mass is 10.0. The molecule has 0 atom stereocenters. The SMILES string of the molecule is C=CCc1cc(/C=C2\SC(=O)N(CC(N)=O)C2=O)cc(OCC)c1OCc1ccc(Cl)cc1. The van der Waals surface area contributed by atoms with Crippen LogP contribution in [0.25, 0.3) is 6.08 Å². The zero-order chi connectivity index (χ0) is 24.0. The summed E-state index contributed by atoms with van der Waals surface area (Å²) < 4.78 is 11.9. The topological polar surface area (TPSA) is 98.9 Å². The minimum atomic E-state index is -0.757. The van der Waals surface area contributed by atoms with Gasteiger partial charge in [-0.25, -0.2) is 0 Å². The number of carbonyl (C=O) groups is 3. The first-order valence-corrected chi connectivity index (χ1v) is 11.3. The third-order valence-electron chi connectivity index (χ3n) is 4.60. The van der Waals surface area contributed by atoms with Crippen molar-refractivity contribution in [1.29, 1.82) is 0 Å². The van der Waals surface area contributed by atoms with Gasteiger partial charge in [-0.1, -0.05) is 29.8 Å². The van der Waals surface area contributed by atoms with E-state index in [0.29, 0.717) is 41.7 Å². The third-order valence-corrected chi connectivity index (χ3v) is 5.76. The van der Waals surface area contributed by atoms with Crippen LogP contribution in [0.5, 0.6) is 11.5 Å². The van der Waals surface area contributed by atoms with Crippen LogP contribution in [-0.4, -0.2) is 35.1 Å². The monoisotopic (exact) mass is 486 g/mol. The van der Waals surface area contributed by atoms with Gasteiger partial charge in [-0.05, 0) is 66.6 Å². The van der Waals surface area contributed by atoms with Crippen molar-refractivity contribution in [3.63, 3.8) is 0 Å². The Bertz CT molecular complexity index is 1110.